The Morgan fingerprint density at radius 2 is 1.69 bits per heavy atom. The van der Waals surface area contributed by atoms with Crippen molar-refractivity contribution in [1.29, 1.82) is 0 Å². The molecule has 0 aromatic heterocycles. The van der Waals surface area contributed by atoms with Gasteiger partial charge in [-0.05, 0) is 60.3 Å². The zero-order valence-electron chi connectivity index (χ0n) is 22.2. The first kappa shape index (κ1) is 27.0. The third-order valence-corrected chi connectivity index (χ3v) is 9.24. The maximum atomic E-state index is 12.9. The van der Waals surface area contributed by atoms with Gasteiger partial charge >= 0.3 is 6.09 Å². The highest BCUT2D eigenvalue weighted by molar-refractivity contribution is 7.88. The first-order valence-electron chi connectivity index (χ1n) is 13.0. The number of amides is 1. The first-order valence-corrected chi connectivity index (χ1v) is 14.8. The molecule has 3 aliphatic heterocycles. The van der Waals surface area contributed by atoms with E-state index in [2.05, 4.69) is 30.9 Å². The number of fused-ring (bicyclic) bond motifs is 3. The Morgan fingerprint density at radius 1 is 1.03 bits per heavy atom. The summed E-state index contributed by atoms with van der Waals surface area (Å²) in [6.07, 6.45) is 3.87. The second-order valence-electron chi connectivity index (χ2n) is 10.8. The Hall–Kier alpha value is -2.04. The van der Waals surface area contributed by atoms with Crippen LogP contribution in [0.4, 0.5) is 4.79 Å². The van der Waals surface area contributed by atoms with Gasteiger partial charge in [0.15, 0.2) is 11.5 Å². The Kier molecular flexibility index (Phi) is 8.36. The molecule has 3 heterocycles. The molecule has 0 N–H and O–H groups in total. The van der Waals surface area contributed by atoms with Crippen molar-refractivity contribution in [2.75, 3.05) is 66.4 Å². The number of hydrogen-bond acceptors (Lipinski definition) is 7. The Bertz CT molecular complexity index is 1040. The standard InChI is InChI=1S/C26H41N3O6S/c1-18(2)12-20-16-28-7-6-19-14-24(33-3)25(34-4)15-22(19)23(28)13-21(20)17-35-26(30)27-8-10-29(11-9-27)36(5,31)32/h14-15,18,20-21,23H,6-13,16-17H2,1-5H3. The smallest absolute Gasteiger partial charge is 0.409 e. The fraction of sp³-hybridized carbons (Fsp3) is 0.731. The highest BCUT2D eigenvalue weighted by Crippen LogP contribution is 2.45. The van der Waals surface area contributed by atoms with Crippen LogP contribution in [0, 0.1) is 17.8 Å². The molecule has 2 fully saturated rings. The van der Waals surface area contributed by atoms with E-state index in [1.807, 2.05) is 0 Å². The number of rotatable bonds is 7. The van der Waals surface area contributed by atoms with E-state index in [1.54, 1.807) is 19.1 Å². The fourth-order valence-electron chi connectivity index (χ4n) is 6.05. The van der Waals surface area contributed by atoms with Crippen molar-refractivity contribution in [1.82, 2.24) is 14.1 Å². The number of ether oxygens (including phenoxy) is 3. The molecule has 0 bridgehead atoms. The molecule has 0 saturated carbocycles. The molecule has 36 heavy (non-hydrogen) atoms. The normalized spacial score (nSPS) is 25.3. The number of sulfonamides is 1. The molecule has 0 spiro atoms. The molecule has 0 aliphatic carbocycles. The summed E-state index contributed by atoms with van der Waals surface area (Å²) in [6, 6.07) is 4.49. The van der Waals surface area contributed by atoms with Gasteiger partial charge in [0.05, 0.1) is 27.1 Å². The van der Waals surface area contributed by atoms with Gasteiger partial charge in [0.1, 0.15) is 0 Å². The van der Waals surface area contributed by atoms with Gasteiger partial charge < -0.3 is 19.1 Å². The number of carbonyl (C=O) groups excluding carboxylic acids is 1. The van der Waals surface area contributed by atoms with E-state index in [0.717, 1.165) is 43.9 Å². The fourth-order valence-corrected chi connectivity index (χ4v) is 6.88. The van der Waals surface area contributed by atoms with Crippen molar-refractivity contribution in [3.63, 3.8) is 0 Å². The minimum Gasteiger partial charge on any atom is -0.493 e. The van der Waals surface area contributed by atoms with Crippen molar-refractivity contribution in [2.24, 2.45) is 17.8 Å². The van der Waals surface area contributed by atoms with Gasteiger partial charge in [-0.3, -0.25) is 4.90 Å². The van der Waals surface area contributed by atoms with Crippen molar-refractivity contribution in [3.05, 3.63) is 23.3 Å². The summed E-state index contributed by atoms with van der Waals surface area (Å²) in [5, 5.41) is 0. The topological polar surface area (TPSA) is 88.6 Å². The second kappa shape index (κ2) is 11.1. The summed E-state index contributed by atoms with van der Waals surface area (Å²) in [5.74, 6) is 2.79. The monoisotopic (exact) mass is 523 g/mol. The van der Waals surface area contributed by atoms with Crippen LogP contribution in [-0.2, 0) is 21.2 Å². The number of nitrogens with zero attached hydrogens (tertiary/aromatic N) is 3. The van der Waals surface area contributed by atoms with Crippen LogP contribution in [0.1, 0.15) is 43.9 Å². The van der Waals surface area contributed by atoms with E-state index in [0.29, 0.717) is 44.6 Å². The molecule has 1 aromatic carbocycles. The maximum Gasteiger partial charge on any atom is 0.409 e. The average Bonchev–Trinajstić information content (AvgIpc) is 2.85. The molecule has 10 heteroatoms. The van der Waals surface area contributed by atoms with Crippen LogP contribution in [-0.4, -0.2) is 95.0 Å². The summed E-state index contributed by atoms with van der Waals surface area (Å²) in [6.45, 7) is 8.23. The molecule has 202 valence electrons. The molecule has 3 atom stereocenters. The third-order valence-electron chi connectivity index (χ3n) is 7.94. The van der Waals surface area contributed by atoms with E-state index in [1.165, 1.54) is 21.7 Å². The van der Waals surface area contributed by atoms with E-state index >= 15 is 0 Å². The Morgan fingerprint density at radius 3 is 2.31 bits per heavy atom. The van der Waals surface area contributed by atoms with Crippen molar-refractivity contribution in [3.8, 4) is 11.5 Å². The van der Waals surface area contributed by atoms with E-state index < -0.39 is 10.0 Å². The molecule has 0 radical (unpaired) electrons. The van der Waals surface area contributed by atoms with Crippen LogP contribution >= 0.6 is 0 Å². The van der Waals surface area contributed by atoms with Gasteiger partial charge in [-0.1, -0.05) is 13.8 Å². The van der Waals surface area contributed by atoms with Crippen molar-refractivity contribution in [2.45, 2.75) is 39.2 Å². The molecular weight excluding hydrogens is 482 g/mol. The van der Waals surface area contributed by atoms with Crippen molar-refractivity contribution >= 4 is 16.1 Å². The first-order chi connectivity index (χ1) is 17.1. The SMILES string of the molecule is COc1cc2c(cc1OC)C1CC(COC(=O)N3CCN(S(C)(=O)=O)CC3)C(CC(C)C)CN1CC2. The average molecular weight is 524 g/mol. The molecule has 1 aromatic rings. The zero-order valence-corrected chi connectivity index (χ0v) is 23.1. The highest BCUT2D eigenvalue weighted by Gasteiger charge is 2.40. The minimum atomic E-state index is -3.24. The van der Waals surface area contributed by atoms with E-state index in [-0.39, 0.29) is 18.1 Å². The summed E-state index contributed by atoms with van der Waals surface area (Å²) in [7, 11) is 0.102. The molecule has 9 nitrogen and oxygen atoms in total. The number of carbonyl (C=O) groups is 1. The zero-order chi connectivity index (χ0) is 26.0. The largest absolute Gasteiger partial charge is 0.493 e. The molecule has 2 saturated heterocycles. The maximum absolute atomic E-state index is 12.9. The number of benzene rings is 1. The van der Waals surface area contributed by atoms with Gasteiger partial charge in [-0.25, -0.2) is 13.2 Å². The Labute approximate surface area is 215 Å². The molecule has 4 rings (SSSR count). The van der Waals surface area contributed by atoms with Crippen LogP contribution in [0.5, 0.6) is 11.5 Å². The predicted molar refractivity (Wildman–Crippen MR) is 138 cm³/mol. The highest BCUT2D eigenvalue weighted by atomic mass is 32.2. The van der Waals surface area contributed by atoms with Gasteiger partial charge in [-0.15, -0.1) is 0 Å². The van der Waals surface area contributed by atoms with Gasteiger partial charge in [0, 0.05) is 45.3 Å². The lowest BCUT2D eigenvalue weighted by molar-refractivity contribution is 0.00389. The molecular formula is C26H41N3O6S. The summed E-state index contributed by atoms with van der Waals surface area (Å²) < 4.78 is 41.9. The van der Waals surface area contributed by atoms with Gasteiger partial charge in [0.25, 0.3) is 0 Å². The number of piperazine rings is 1. The van der Waals surface area contributed by atoms with Gasteiger partial charge in [0.2, 0.25) is 10.0 Å². The van der Waals surface area contributed by atoms with Crippen LogP contribution in [0.2, 0.25) is 0 Å². The summed E-state index contributed by atoms with van der Waals surface area (Å²) in [5.41, 5.74) is 2.59. The van der Waals surface area contributed by atoms with Crippen molar-refractivity contribution < 1.29 is 27.4 Å². The van der Waals surface area contributed by atoms with Crippen LogP contribution in [0.3, 0.4) is 0 Å². The summed E-state index contributed by atoms with van der Waals surface area (Å²) in [4.78, 5) is 17.1. The van der Waals surface area contributed by atoms with Crippen LogP contribution < -0.4 is 9.47 Å². The number of piperidine rings is 1. The van der Waals surface area contributed by atoms with E-state index in [4.69, 9.17) is 14.2 Å². The van der Waals surface area contributed by atoms with Gasteiger partial charge in [-0.2, -0.15) is 4.31 Å². The minimum absolute atomic E-state index is 0.258. The van der Waals surface area contributed by atoms with Crippen LogP contribution in [0.25, 0.3) is 0 Å². The lowest BCUT2D eigenvalue weighted by Gasteiger charge is -2.47. The second-order valence-corrected chi connectivity index (χ2v) is 12.8. The molecule has 3 unspecified atom stereocenters. The predicted octanol–water partition coefficient (Wildman–Crippen LogP) is 3.00. The third kappa shape index (κ3) is 5.92. The molecule has 1 amide bonds. The number of hydrogen-bond donors (Lipinski definition) is 0. The van der Waals surface area contributed by atoms with E-state index in [9.17, 15) is 13.2 Å². The molecule has 3 aliphatic rings. The summed E-state index contributed by atoms with van der Waals surface area (Å²) >= 11 is 0. The quantitative estimate of drug-likeness (QED) is 0.543. The lowest BCUT2D eigenvalue weighted by atomic mass is 9.74. The Balaban J connectivity index is 1.45. The number of methoxy groups -OCH3 is 2. The lowest BCUT2D eigenvalue weighted by Crippen LogP contribution is -2.51. The van der Waals surface area contributed by atoms with Crippen LogP contribution in [0.15, 0.2) is 12.1 Å².